The van der Waals surface area contributed by atoms with Crippen LogP contribution in [0.4, 0.5) is 0 Å². The molecule has 0 spiro atoms. The Labute approximate surface area is 125 Å². The molecule has 80 valence electrons. The van der Waals surface area contributed by atoms with Crippen LogP contribution in [0.5, 0.6) is 0 Å². The smallest absolute Gasteiger partial charge is 0.550 e. The van der Waals surface area contributed by atoms with Crippen LogP contribution in [0.2, 0.25) is 0 Å². The standard InChI is InChI=1S/C11H12BrNO2.Na/c12-9-4-1-3-8(13-9)11(5-2-6-11)7-10(14)15;/h1,3-4H,2,5-7H2,(H,14,15);/q;+1/p-1. The first-order valence-corrected chi connectivity index (χ1v) is 5.75. The van der Waals surface area contributed by atoms with Crippen molar-refractivity contribution in [3.8, 4) is 0 Å². The summed E-state index contributed by atoms with van der Waals surface area (Å²) in [6.45, 7) is 0. The maximum atomic E-state index is 10.7. The zero-order valence-corrected chi connectivity index (χ0v) is 12.8. The zero-order valence-electron chi connectivity index (χ0n) is 9.20. The van der Waals surface area contributed by atoms with Crippen molar-refractivity contribution in [2.45, 2.75) is 31.1 Å². The van der Waals surface area contributed by atoms with Gasteiger partial charge in [-0.15, -0.1) is 0 Å². The number of aliphatic carboxylic acids is 1. The first-order valence-electron chi connectivity index (χ1n) is 4.95. The minimum atomic E-state index is -0.989. The molecule has 0 radical (unpaired) electrons. The van der Waals surface area contributed by atoms with E-state index < -0.39 is 5.97 Å². The van der Waals surface area contributed by atoms with Crippen LogP contribution in [0.15, 0.2) is 22.8 Å². The van der Waals surface area contributed by atoms with Crippen LogP contribution in [0, 0.1) is 0 Å². The molecule has 3 nitrogen and oxygen atoms in total. The van der Waals surface area contributed by atoms with Crippen LogP contribution in [-0.2, 0) is 10.2 Å². The van der Waals surface area contributed by atoms with Crippen LogP contribution < -0.4 is 34.7 Å². The number of halogens is 1. The van der Waals surface area contributed by atoms with Gasteiger partial charge in [0.1, 0.15) is 4.60 Å². The Morgan fingerprint density at radius 2 is 2.19 bits per heavy atom. The van der Waals surface area contributed by atoms with Crippen molar-refractivity contribution in [2.75, 3.05) is 0 Å². The zero-order chi connectivity index (χ0) is 10.9. The number of aromatic nitrogens is 1. The molecule has 1 aliphatic carbocycles. The third-order valence-electron chi connectivity index (χ3n) is 3.05. The minimum absolute atomic E-state index is 0. The van der Waals surface area contributed by atoms with E-state index in [2.05, 4.69) is 20.9 Å². The Morgan fingerprint density at radius 3 is 2.62 bits per heavy atom. The van der Waals surface area contributed by atoms with Gasteiger partial charge < -0.3 is 9.90 Å². The Morgan fingerprint density at radius 1 is 1.50 bits per heavy atom. The summed E-state index contributed by atoms with van der Waals surface area (Å²) in [7, 11) is 0. The van der Waals surface area contributed by atoms with Gasteiger partial charge in [0.25, 0.3) is 0 Å². The van der Waals surface area contributed by atoms with E-state index >= 15 is 0 Å². The molecule has 1 fully saturated rings. The number of hydrogen-bond donors (Lipinski definition) is 0. The number of rotatable bonds is 3. The molecular formula is C11H11BrNNaO2. The van der Waals surface area contributed by atoms with Crippen LogP contribution in [0.3, 0.4) is 0 Å². The van der Waals surface area contributed by atoms with Crippen molar-refractivity contribution >= 4 is 21.9 Å². The van der Waals surface area contributed by atoms with Gasteiger partial charge in [-0.1, -0.05) is 12.5 Å². The fourth-order valence-corrected chi connectivity index (χ4v) is 2.45. The fourth-order valence-electron chi connectivity index (χ4n) is 2.11. The van der Waals surface area contributed by atoms with Gasteiger partial charge in [0.05, 0.1) is 0 Å². The van der Waals surface area contributed by atoms with Crippen molar-refractivity contribution in [3.63, 3.8) is 0 Å². The average Bonchev–Trinajstić information content (AvgIpc) is 2.11. The van der Waals surface area contributed by atoms with Gasteiger partial charge in [-0.25, -0.2) is 4.98 Å². The first-order chi connectivity index (χ1) is 7.12. The molecule has 0 unspecified atom stereocenters. The summed E-state index contributed by atoms with van der Waals surface area (Å²) in [5, 5.41) is 10.7. The molecule has 1 aromatic rings. The molecule has 0 aliphatic heterocycles. The number of carbonyl (C=O) groups is 1. The summed E-state index contributed by atoms with van der Waals surface area (Å²) in [5.74, 6) is -0.989. The van der Waals surface area contributed by atoms with Gasteiger partial charge in [0.2, 0.25) is 0 Å². The molecule has 0 amide bonds. The Bertz CT molecular complexity index is 393. The maximum Gasteiger partial charge on any atom is 1.00 e. The van der Waals surface area contributed by atoms with Crippen LogP contribution in [0.25, 0.3) is 0 Å². The third kappa shape index (κ3) is 2.86. The molecule has 0 saturated heterocycles. The molecule has 0 aromatic carbocycles. The minimum Gasteiger partial charge on any atom is -0.550 e. The molecule has 1 saturated carbocycles. The van der Waals surface area contributed by atoms with Crippen molar-refractivity contribution in [2.24, 2.45) is 0 Å². The molecule has 16 heavy (non-hydrogen) atoms. The molecule has 2 rings (SSSR count). The molecular weight excluding hydrogens is 281 g/mol. The topological polar surface area (TPSA) is 53.0 Å². The molecule has 1 aromatic heterocycles. The SMILES string of the molecule is O=C([O-])CC1(c2cccc(Br)n2)CCC1.[Na+]. The Hall–Kier alpha value is 0.1000. The average molecular weight is 292 g/mol. The van der Waals surface area contributed by atoms with Gasteiger partial charge in [-0.05, 0) is 47.3 Å². The van der Waals surface area contributed by atoms with Crippen molar-refractivity contribution in [1.29, 1.82) is 0 Å². The number of nitrogens with zero attached hydrogens (tertiary/aromatic N) is 1. The number of pyridine rings is 1. The second kappa shape index (κ2) is 5.63. The maximum absolute atomic E-state index is 10.7. The predicted molar refractivity (Wildman–Crippen MR) is 57.1 cm³/mol. The van der Waals surface area contributed by atoms with E-state index in [1.165, 1.54) is 0 Å². The molecule has 1 heterocycles. The molecule has 1 aliphatic rings. The van der Waals surface area contributed by atoms with Crippen molar-refractivity contribution < 1.29 is 39.5 Å². The summed E-state index contributed by atoms with van der Waals surface area (Å²) in [6, 6.07) is 5.63. The fraction of sp³-hybridized carbons (Fsp3) is 0.455. The molecule has 5 heteroatoms. The Balaban J connectivity index is 0.00000128. The van der Waals surface area contributed by atoms with Crippen molar-refractivity contribution in [1.82, 2.24) is 4.98 Å². The molecule has 0 N–H and O–H groups in total. The van der Waals surface area contributed by atoms with Crippen molar-refractivity contribution in [3.05, 3.63) is 28.5 Å². The quantitative estimate of drug-likeness (QED) is 0.498. The van der Waals surface area contributed by atoms with Gasteiger partial charge in [-0.2, -0.15) is 0 Å². The third-order valence-corrected chi connectivity index (χ3v) is 3.49. The second-order valence-electron chi connectivity index (χ2n) is 4.03. The van der Waals surface area contributed by atoms with Gasteiger partial charge in [0, 0.05) is 17.1 Å². The summed E-state index contributed by atoms with van der Waals surface area (Å²) in [6.07, 6.45) is 2.94. The number of carboxylic acid groups (broad SMARTS) is 1. The number of carboxylic acids is 1. The van der Waals surface area contributed by atoms with Gasteiger partial charge in [0.15, 0.2) is 0 Å². The normalized spacial score (nSPS) is 17.1. The van der Waals surface area contributed by atoms with Crippen LogP contribution >= 0.6 is 15.9 Å². The molecule has 0 atom stereocenters. The summed E-state index contributed by atoms with van der Waals surface area (Å²) in [5.41, 5.74) is 0.593. The van der Waals surface area contributed by atoms with E-state index in [0.717, 1.165) is 29.6 Å². The van der Waals surface area contributed by atoms with Crippen LogP contribution in [0.1, 0.15) is 31.4 Å². The first kappa shape index (κ1) is 14.2. The van der Waals surface area contributed by atoms with E-state index in [0.29, 0.717) is 0 Å². The van der Waals surface area contributed by atoms with E-state index in [1.54, 1.807) is 0 Å². The van der Waals surface area contributed by atoms with Gasteiger partial charge in [-0.3, -0.25) is 0 Å². The monoisotopic (exact) mass is 291 g/mol. The summed E-state index contributed by atoms with van der Waals surface area (Å²) < 4.78 is 0.754. The van der Waals surface area contributed by atoms with E-state index in [4.69, 9.17) is 0 Å². The number of hydrogen-bond acceptors (Lipinski definition) is 3. The summed E-state index contributed by atoms with van der Waals surface area (Å²) in [4.78, 5) is 15.1. The van der Waals surface area contributed by atoms with E-state index in [-0.39, 0.29) is 41.4 Å². The van der Waals surface area contributed by atoms with Crippen LogP contribution in [-0.4, -0.2) is 11.0 Å². The molecule has 0 bridgehead atoms. The second-order valence-corrected chi connectivity index (χ2v) is 4.84. The van der Waals surface area contributed by atoms with E-state index in [1.807, 2.05) is 18.2 Å². The van der Waals surface area contributed by atoms with Gasteiger partial charge >= 0.3 is 29.6 Å². The Kier molecular flexibility index (Phi) is 4.98. The number of carbonyl (C=O) groups excluding carboxylic acids is 1. The van der Waals surface area contributed by atoms with E-state index in [9.17, 15) is 9.90 Å². The predicted octanol–water partition coefficient (Wildman–Crippen LogP) is -1.59. The summed E-state index contributed by atoms with van der Waals surface area (Å²) >= 11 is 3.30. The largest absolute Gasteiger partial charge is 1.00 e.